The molecule has 0 atom stereocenters. The highest BCUT2D eigenvalue weighted by atomic mass is 35.5. The molecule has 0 aliphatic rings. The number of halogens is 2. The summed E-state index contributed by atoms with van der Waals surface area (Å²) in [7, 11) is 1.40. The summed E-state index contributed by atoms with van der Waals surface area (Å²) in [4.78, 5) is 31.1. The third-order valence-electron chi connectivity index (χ3n) is 1.69. The maximum atomic E-state index is 11.3. The number of nitrogens with zero attached hydrogens (tertiary/aromatic N) is 2. The second kappa shape index (κ2) is 4.30. The summed E-state index contributed by atoms with van der Waals surface area (Å²) in [5.41, 5.74) is -0.217. The fraction of sp³-hybridized carbons (Fsp3) is 0.167. The Bertz CT molecular complexity index is 540. The molecular formula is C6H8Cl2N4O2. The topological polar surface area (TPSA) is 83.5 Å². The van der Waals surface area contributed by atoms with Gasteiger partial charge in [-0.2, -0.15) is 0 Å². The van der Waals surface area contributed by atoms with Gasteiger partial charge in [0.2, 0.25) is 0 Å². The van der Waals surface area contributed by atoms with Crippen LogP contribution in [0.2, 0.25) is 0 Å². The molecule has 0 aromatic carbocycles. The van der Waals surface area contributed by atoms with Crippen molar-refractivity contribution in [2.45, 2.75) is 0 Å². The highest BCUT2D eigenvalue weighted by Gasteiger charge is 2.04. The Hall–Kier alpha value is -1.27. The van der Waals surface area contributed by atoms with Gasteiger partial charge in [0.15, 0.2) is 5.65 Å². The summed E-state index contributed by atoms with van der Waals surface area (Å²) in [6.45, 7) is 0. The van der Waals surface area contributed by atoms with Crippen molar-refractivity contribution in [1.82, 2.24) is 19.5 Å². The maximum Gasteiger partial charge on any atom is 0.329 e. The number of fused-ring (bicyclic) bond motifs is 1. The van der Waals surface area contributed by atoms with E-state index in [-0.39, 0.29) is 30.4 Å². The van der Waals surface area contributed by atoms with E-state index >= 15 is 0 Å². The van der Waals surface area contributed by atoms with Crippen LogP contribution in [-0.2, 0) is 7.05 Å². The van der Waals surface area contributed by atoms with Gasteiger partial charge in [-0.3, -0.25) is 14.3 Å². The van der Waals surface area contributed by atoms with Crippen LogP contribution < -0.4 is 11.2 Å². The Kier molecular flexibility index (Phi) is 3.91. The predicted molar refractivity (Wildman–Crippen MR) is 56.5 cm³/mol. The minimum atomic E-state index is -0.459. The highest BCUT2D eigenvalue weighted by Crippen LogP contribution is 1.93. The van der Waals surface area contributed by atoms with Crippen LogP contribution in [0.1, 0.15) is 0 Å². The van der Waals surface area contributed by atoms with Crippen LogP contribution >= 0.6 is 24.8 Å². The van der Waals surface area contributed by atoms with Gasteiger partial charge in [-0.15, -0.1) is 24.8 Å². The molecule has 8 heteroatoms. The van der Waals surface area contributed by atoms with Crippen LogP contribution in [-0.4, -0.2) is 19.5 Å². The van der Waals surface area contributed by atoms with E-state index < -0.39 is 5.69 Å². The van der Waals surface area contributed by atoms with E-state index in [1.54, 1.807) is 0 Å². The molecule has 0 aliphatic heterocycles. The standard InChI is InChI=1S/C6H6N4O2.2ClH/c1-10-5(11)3-4(8-2-7-3)9-6(10)12;;/h2H,1H3,(H,7,8)(H,9,12);2*1H. The Morgan fingerprint density at radius 1 is 1.36 bits per heavy atom. The molecule has 14 heavy (non-hydrogen) atoms. The van der Waals surface area contributed by atoms with E-state index in [1.165, 1.54) is 13.4 Å². The molecule has 2 aromatic rings. The Labute approximate surface area is 90.2 Å². The van der Waals surface area contributed by atoms with Crippen LogP contribution in [0.25, 0.3) is 11.2 Å². The number of nitrogens with one attached hydrogen (secondary N) is 2. The summed E-state index contributed by atoms with van der Waals surface area (Å²) in [6, 6.07) is 0. The van der Waals surface area contributed by atoms with Gasteiger partial charge in [-0.05, 0) is 0 Å². The lowest BCUT2D eigenvalue weighted by Gasteiger charge is -1.93. The molecule has 2 heterocycles. The minimum Gasteiger partial charge on any atom is -0.339 e. The first-order chi connectivity index (χ1) is 5.70. The van der Waals surface area contributed by atoms with Crippen LogP contribution in [0, 0.1) is 0 Å². The van der Waals surface area contributed by atoms with Crippen molar-refractivity contribution >= 4 is 36.0 Å². The predicted octanol–water partition coefficient (Wildman–Crippen LogP) is -0.207. The largest absolute Gasteiger partial charge is 0.339 e. The molecule has 2 rings (SSSR count). The number of imidazole rings is 1. The normalized spacial score (nSPS) is 9.21. The SMILES string of the molecule is Cl.Cl.Cn1c(=O)[nH]c2nc[nH]c2c1=O. The lowest BCUT2D eigenvalue weighted by molar-refractivity contribution is 0.790. The summed E-state index contributed by atoms with van der Waals surface area (Å²) in [5.74, 6) is 0. The third-order valence-corrected chi connectivity index (χ3v) is 1.69. The number of aromatic nitrogens is 4. The number of H-pyrrole nitrogens is 2. The van der Waals surface area contributed by atoms with Crippen LogP contribution in [0.4, 0.5) is 0 Å². The molecule has 0 fully saturated rings. The molecule has 0 unspecified atom stereocenters. The Morgan fingerprint density at radius 2 is 2.00 bits per heavy atom. The summed E-state index contributed by atoms with van der Waals surface area (Å²) < 4.78 is 0.987. The molecule has 0 spiro atoms. The van der Waals surface area contributed by atoms with E-state index in [4.69, 9.17) is 0 Å². The van der Waals surface area contributed by atoms with Gasteiger partial charge in [-0.25, -0.2) is 9.78 Å². The third kappa shape index (κ3) is 1.66. The zero-order chi connectivity index (χ0) is 8.72. The molecule has 0 radical (unpaired) electrons. The van der Waals surface area contributed by atoms with Crippen LogP contribution in [0.5, 0.6) is 0 Å². The van der Waals surface area contributed by atoms with Crippen LogP contribution in [0.3, 0.4) is 0 Å². The van der Waals surface area contributed by atoms with Crippen molar-refractivity contribution in [3.05, 3.63) is 27.2 Å². The number of hydrogen-bond donors (Lipinski definition) is 2. The molecular weight excluding hydrogens is 231 g/mol. The Balaban J connectivity index is 0.000000845. The highest BCUT2D eigenvalue weighted by molar-refractivity contribution is 5.85. The van der Waals surface area contributed by atoms with Gasteiger partial charge < -0.3 is 4.98 Å². The average Bonchev–Trinajstić information content (AvgIpc) is 2.48. The molecule has 6 nitrogen and oxygen atoms in total. The van der Waals surface area contributed by atoms with E-state index in [0.29, 0.717) is 11.2 Å². The molecule has 0 saturated carbocycles. The van der Waals surface area contributed by atoms with E-state index in [9.17, 15) is 9.59 Å². The summed E-state index contributed by atoms with van der Waals surface area (Å²) in [5, 5.41) is 0. The molecule has 2 aromatic heterocycles. The van der Waals surface area contributed by atoms with Crippen molar-refractivity contribution < 1.29 is 0 Å². The van der Waals surface area contributed by atoms with Gasteiger partial charge in [0.05, 0.1) is 6.33 Å². The van der Waals surface area contributed by atoms with Gasteiger partial charge in [0, 0.05) is 7.05 Å². The number of rotatable bonds is 0. The fourth-order valence-electron chi connectivity index (χ4n) is 0.997. The minimum absolute atomic E-state index is 0. The van der Waals surface area contributed by atoms with Crippen LogP contribution in [0.15, 0.2) is 15.9 Å². The summed E-state index contributed by atoms with van der Waals surface area (Å²) >= 11 is 0. The van der Waals surface area contributed by atoms with E-state index in [0.717, 1.165) is 4.57 Å². The number of aromatic amines is 2. The smallest absolute Gasteiger partial charge is 0.329 e. The van der Waals surface area contributed by atoms with Gasteiger partial charge >= 0.3 is 5.69 Å². The first-order valence-electron chi connectivity index (χ1n) is 3.32. The van der Waals surface area contributed by atoms with E-state index in [2.05, 4.69) is 15.0 Å². The summed E-state index contributed by atoms with van der Waals surface area (Å²) in [6.07, 6.45) is 1.36. The zero-order valence-electron chi connectivity index (χ0n) is 7.10. The van der Waals surface area contributed by atoms with Crippen molar-refractivity contribution in [3.8, 4) is 0 Å². The number of hydrogen-bond acceptors (Lipinski definition) is 3. The monoisotopic (exact) mass is 238 g/mol. The molecule has 78 valence electrons. The van der Waals surface area contributed by atoms with Crippen molar-refractivity contribution in [1.29, 1.82) is 0 Å². The molecule has 2 N–H and O–H groups in total. The van der Waals surface area contributed by atoms with Gasteiger partial charge in [0.25, 0.3) is 5.56 Å². The molecule has 0 saturated heterocycles. The quantitative estimate of drug-likeness (QED) is 0.667. The molecule has 0 amide bonds. The molecule has 0 aliphatic carbocycles. The lowest BCUT2D eigenvalue weighted by Crippen LogP contribution is -2.32. The first-order valence-corrected chi connectivity index (χ1v) is 3.32. The maximum absolute atomic E-state index is 11.3. The second-order valence-corrected chi connectivity index (χ2v) is 2.42. The van der Waals surface area contributed by atoms with Gasteiger partial charge in [0.1, 0.15) is 5.52 Å². The van der Waals surface area contributed by atoms with Gasteiger partial charge in [-0.1, -0.05) is 0 Å². The lowest BCUT2D eigenvalue weighted by atomic mass is 10.5. The van der Waals surface area contributed by atoms with E-state index in [1.807, 2.05) is 0 Å². The average molecular weight is 239 g/mol. The second-order valence-electron chi connectivity index (χ2n) is 2.42. The van der Waals surface area contributed by atoms with Crippen molar-refractivity contribution in [3.63, 3.8) is 0 Å². The van der Waals surface area contributed by atoms with Crippen molar-refractivity contribution in [2.75, 3.05) is 0 Å². The Morgan fingerprint density at radius 3 is 2.64 bits per heavy atom. The van der Waals surface area contributed by atoms with Crippen molar-refractivity contribution in [2.24, 2.45) is 7.05 Å². The zero-order valence-corrected chi connectivity index (χ0v) is 8.74. The first kappa shape index (κ1) is 12.7. The molecule has 0 bridgehead atoms. The fourth-order valence-corrected chi connectivity index (χ4v) is 0.997.